The van der Waals surface area contributed by atoms with Crippen molar-refractivity contribution in [1.29, 1.82) is 0 Å². The van der Waals surface area contributed by atoms with Gasteiger partial charge in [0.1, 0.15) is 6.04 Å². The Morgan fingerprint density at radius 1 is 1.24 bits per heavy atom. The van der Waals surface area contributed by atoms with Crippen molar-refractivity contribution in [2.24, 2.45) is 5.92 Å². The molecular formula is C24H31ClN4O3S. The number of fused-ring (bicyclic) bond motifs is 1. The number of nitrogens with zero attached hydrogens (tertiary/aromatic N) is 1. The second kappa shape index (κ2) is 12.1. The van der Waals surface area contributed by atoms with E-state index in [2.05, 4.69) is 27.5 Å². The van der Waals surface area contributed by atoms with Crippen LogP contribution in [0, 0.1) is 5.92 Å². The second-order valence-electron chi connectivity index (χ2n) is 8.36. The number of thiazole rings is 1. The van der Waals surface area contributed by atoms with Gasteiger partial charge in [0.15, 0.2) is 0 Å². The molecule has 1 aliphatic rings. The van der Waals surface area contributed by atoms with Gasteiger partial charge in [0.05, 0.1) is 15.2 Å². The third-order valence-corrected chi connectivity index (χ3v) is 7.25. The number of nitrogens with one attached hydrogen (secondary N) is 3. The van der Waals surface area contributed by atoms with Gasteiger partial charge >= 0.3 is 0 Å². The van der Waals surface area contributed by atoms with E-state index in [-0.39, 0.29) is 42.5 Å². The maximum atomic E-state index is 13.3. The SMILES string of the molecule is C=CC(=O)NC[C@@H](NC(=O)[C@H](Cc1nc2ccc(Cl)cc2s1)NC(=O)CC)C1CCCCC1. The van der Waals surface area contributed by atoms with Gasteiger partial charge in [0.2, 0.25) is 17.7 Å². The lowest BCUT2D eigenvalue weighted by Gasteiger charge is -2.32. The van der Waals surface area contributed by atoms with Gasteiger partial charge in [-0.2, -0.15) is 0 Å². The van der Waals surface area contributed by atoms with Crippen molar-refractivity contribution in [1.82, 2.24) is 20.9 Å². The van der Waals surface area contributed by atoms with Gasteiger partial charge < -0.3 is 16.0 Å². The van der Waals surface area contributed by atoms with Crippen LogP contribution in [-0.2, 0) is 20.8 Å². The van der Waals surface area contributed by atoms with Gasteiger partial charge in [0, 0.05) is 30.5 Å². The van der Waals surface area contributed by atoms with Crippen molar-refractivity contribution in [3.8, 4) is 0 Å². The van der Waals surface area contributed by atoms with Crippen LogP contribution in [0.15, 0.2) is 30.9 Å². The zero-order valence-electron chi connectivity index (χ0n) is 18.9. The number of benzene rings is 1. The standard InChI is InChI=1S/C24H31ClN4O3S/c1-3-21(30)26-14-19(15-8-6-5-7-9-15)29-24(32)18(27-22(31)4-2)13-23-28-17-11-10-16(25)12-20(17)33-23/h3,10-12,15,18-19H,1,4-9,13-14H2,2H3,(H,26,30)(H,27,31)(H,29,32)/t18-,19+/m0/s1. The lowest BCUT2D eigenvalue weighted by atomic mass is 9.83. The Hall–Kier alpha value is -2.45. The minimum absolute atomic E-state index is 0.200. The summed E-state index contributed by atoms with van der Waals surface area (Å²) in [5.74, 6) is -0.458. The lowest BCUT2D eigenvalue weighted by Crippen LogP contribution is -2.55. The molecule has 0 aliphatic heterocycles. The van der Waals surface area contributed by atoms with Crippen molar-refractivity contribution < 1.29 is 14.4 Å². The predicted molar refractivity (Wildman–Crippen MR) is 132 cm³/mol. The molecule has 7 nitrogen and oxygen atoms in total. The molecule has 1 saturated carbocycles. The van der Waals surface area contributed by atoms with E-state index in [9.17, 15) is 14.4 Å². The number of amides is 3. The Morgan fingerprint density at radius 2 is 2.00 bits per heavy atom. The summed E-state index contributed by atoms with van der Waals surface area (Å²) in [6.07, 6.45) is 7.19. The first-order chi connectivity index (χ1) is 15.9. The fourth-order valence-corrected chi connectivity index (χ4v) is 5.44. The molecule has 33 heavy (non-hydrogen) atoms. The van der Waals surface area contributed by atoms with Crippen LogP contribution in [0.3, 0.4) is 0 Å². The first-order valence-electron chi connectivity index (χ1n) is 11.4. The van der Waals surface area contributed by atoms with Gasteiger partial charge in [0.25, 0.3) is 0 Å². The summed E-state index contributed by atoms with van der Waals surface area (Å²) in [5, 5.41) is 10.1. The molecule has 3 N–H and O–H groups in total. The summed E-state index contributed by atoms with van der Waals surface area (Å²) >= 11 is 7.55. The average Bonchev–Trinajstić information content (AvgIpc) is 3.22. The third kappa shape index (κ3) is 7.27. The van der Waals surface area contributed by atoms with E-state index in [4.69, 9.17) is 11.6 Å². The fraction of sp³-hybridized carbons (Fsp3) is 0.500. The van der Waals surface area contributed by atoms with Crippen LogP contribution < -0.4 is 16.0 Å². The van der Waals surface area contributed by atoms with E-state index < -0.39 is 6.04 Å². The Bertz CT molecular complexity index is 1000. The number of aromatic nitrogens is 1. The quantitative estimate of drug-likeness (QED) is 0.441. The molecule has 0 saturated heterocycles. The average molecular weight is 491 g/mol. The van der Waals surface area contributed by atoms with Crippen molar-refractivity contribution in [2.45, 2.75) is 64.0 Å². The van der Waals surface area contributed by atoms with E-state index in [1.165, 1.54) is 23.8 Å². The van der Waals surface area contributed by atoms with E-state index >= 15 is 0 Å². The molecule has 0 spiro atoms. The molecule has 1 fully saturated rings. The van der Waals surface area contributed by atoms with Crippen LogP contribution in [0.5, 0.6) is 0 Å². The largest absolute Gasteiger partial charge is 0.351 e. The van der Waals surface area contributed by atoms with E-state index in [0.717, 1.165) is 40.9 Å². The molecule has 2 aromatic rings. The van der Waals surface area contributed by atoms with Gasteiger partial charge in [-0.15, -0.1) is 11.3 Å². The van der Waals surface area contributed by atoms with Crippen LogP contribution in [0.1, 0.15) is 50.5 Å². The zero-order chi connectivity index (χ0) is 23.8. The second-order valence-corrected chi connectivity index (χ2v) is 9.91. The molecule has 2 atom stereocenters. The number of carbonyl (C=O) groups is 3. The van der Waals surface area contributed by atoms with Gasteiger partial charge in [-0.1, -0.05) is 44.4 Å². The monoisotopic (exact) mass is 490 g/mol. The maximum Gasteiger partial charge on any atom is 0.243 e. The summed E-state index contributed by atoms with van der Waals surface area (Å²) in [6, 6.07) is 4.51. The third-order valence-electron chi connectivity index (χ3n) is 5.97. The molecule has 0 unspecified atom stereocenters. The predicted octanol–water partition coefficient (Wildman–Crippen LogP) is 3.75. The zero-order valence-corrected chi connectivity index (χ0v) is 20.4. The molecule has 1 aromatic carbocycles. The lowest BCUT2D eigenvalue weighted by molar-refractivity contribution is -0.129. The van der Waals surface area contributed by atoms with Crippen molar-refractivity contribution in [3.63, 3.8) is 0 Å². The van der Waals surface area contributed by atoms with Crippen LogP contribution >= 0.6 is 22.9 Å². The number of halogens is 1. The van der Waals surface area contributed by atoms with Crippen molar-refractivity contribution >= 4 is 50.9 Å². The molecule has 0 radical (unpaired) electrons. The summed E-state index contributed by atoms with van der Waals surface area (Å²) in [6.45, 7) is 5.57. The molecule has 1 heterocycles. The highest BCUT2D eigenvalue weighted by atomic mass is 35.5. The summed E-state index contributed by atoms with van der Waals surface area (Å²) < 4.78 is 0.936. The molecule has 178 valence electrons. The van der Waals surface area contributed by atoms with Gasteiger partial charge in [-0.3, -0.25) is 14.4 Å². The van der Waals surface area contributed by atoms with Crippen LogP contribution in [0.2, 0.25) is 5.02 Å². The molecule has 0 bridgehead atoms. The molecule has 1 aliphatic carbocycles. The number of hydrogen-bond donors (Lipinski definition) is 3. The van der Waals surface area contributed by atoms with E-state index in [1.807, 2.05) is 12.1 Å². The maximum absolute atomic E-state index is 13.3. The van der Waals surface area contributed by atoms with Crippen LogP contribution in [0.25, 0.3) is 10.2 Å². The Labute approximate surface area is 203 Å². The minimum atomic E-state index is -0.755. The Balaban J connectivity index is 1.76. The van der Waals surface area contributed by atoms with Gasteiger partial charge in [-0.05, 0) is 43.0 Å². The first-order valence-corrected chi connectivity index (χ1v) is 12.6. The van der Waals surface area contributed by atoms with E-state index in [0.29, 0.717) is 11.6 Å². The summed E-state index contributed by atoms with van der Waals surface area (Å²) in [5.41, 5.74) is 0.813. The number of hydrogen-bond acceptors (Lipinski definition) is 5. The first kappa shape index (κ1) is 25.2. The normalized spacial score (nSPS) is 16.1. The highest BCUT2D eigenvalue weighted by Gasteiger charge is 2.29. The molecular weight excluding hydrogens is 460 g/mol. The smallest absolute Gasteiger partial charge is 0.243 e. The summed E-state index contributed by atoms with van der Waals surface area (Å²) in [4.78, 5) is 41.9. The van der Waals surface area contributed by atoms with Gasteiger partial charge in [-0.25, -0.2) is 4.98 Å². The highest BCUT2D eigenvalue weighted by molar-refractivity contribution is 7.18. The Kier molecular flexibility index (Phi) is 9.26. The number of carbonyl (C=O) groups excluding carboxylic acids is 3. The van der Waals surface area contributed by atoms with E-state index in [1.54, 1.807) is 13.0 Å². The fourth-order valence-electron chi connectivity index (χ4n) is 4.15. The van der Waals surface area contributed by atoms with Crippen molar-refractivity contribution in [2.75, 3.05) is 6.54 Å². The topological polar surface area (TPSA) is 100 Å². The minimum Gasteiger partial charge on any atom is -0.351 e. The molecule has 3 amide bonds. The molecule has 3 rings (SSSR count). The van der Waals surface area contributed by atoms with Crippen LogP contribution in [-0.4, -0.2) is 41.3 Å². The van der Waals surface area contributed by atoms with Crippen LogP contribution in [0.4, 0.5) is 0 Å². The highest BCUT2D eigenvalue weighted by Crippen LogP contribution is 2.28. The molecule has 9 heteroatoms. The van der Waals surface area contributed by atoms with Crippen molar-refractivity contribution in [3.05, 3.63) is 40.9 Å². The Morgan fingerprint density at radius 3 is 2.70 bits per heavy atom. The summed E-state index contributed by atoms with van der Waals surface area (Å²) in [7, 11) is 0. The number of rotatable bonds is 10. The molecule has 1 aromatic heterocycles.